The molecule has 2 aromatic rings. The van der Waals surface area contributed by atoms with Crippen molar-refractivity contribution in [3.63, 3.8) is 0 Å². The van der Waals surface area contributed by atoms with Crippen LogP contribution in [0, 0.1) is 0 Å². The number of hydrogen-bond donors (Lipinski definition) is 0. The van der Waals surface area contributed by atoms with E-state index in [2.05, 4.69) is 0 Å². The van der Waals surface area contributed by atoms with Crippen LogP contribution in [0.25, 0.3) is 11.0 Å². The summed E-state index contributed by atoms with van der Waals surface area (Å²) in [5.41, 5.74) is 1.17. The van der Waals surface area contributed by atoms with Gasteiger partial charge in [-0.15, -0.1) is 0 Å². The van der Waals surface area contributed by atoms with Gasteiger partial charge in [0.25, 0.3) is 0 Å². The molecular weight excluding hydrogens is 200 g/mol. The Balaban J connectivity index is 0.000000606. The van der Waals surface area contributed by atoms with Crippen LogP contribution in [0.5, 0.6) is 0 Å². The van der Waals surface area contributed by atoms with Gasteiger partial charge in [-0.25, -0.2) is 4.79 Å². The lowest BCUT2D eigenvalue weighted by Crippen LogP contribution is -2.08. The molecule has 0 atom stereocenters. The fourth-order valence-corrected chi connectivity index (χ4v) is 1.48. The van der Waals surface area contributed by atoms with Crippen LogP contribution in [0.15, 0.2) is 39.5 Å². The Morgan fingerprint density at radius 3 is 2.38 bits per heavy atom. The van der Waals surface area contributed by atoms with Gasteiger partial charge < -0.3 is 4.42 Å². The molecule has 2 rings (SSSR count). The van der Waals surface area contributed by atoms with Crippen molar-refractivity contribution >= 4 is 11.0 Å². The average Bonchev–Trinajstić information content (AvgIpc) is 2.30. The molecule has 1 aromatic heterocycles. The van der Waals surface area contributed by atoms with Crippen molar-refractivity contribution in [1.29, 1.82) is 0 Å². The van der Waals surface area contributed by atoms with Crippen molar-refractivity contribution in [1.82, 2.24) is 0 Å². The highest BCUT2D eigenvalue weighted by atomic mass is 16.4. The zero-order chi connectivity index (χ0) is 12.1. The van der Waals surface area contributed by atoms with E-state index in [0.717, 1.165) is 10.9 Å². The topological polar surface area (TPSA) is 30.2 Å². The van der Waals surface area contributed by atoms with Crippen LogP contribution in [-0.4, -0.2) is 0 Å². The Labute approximate surface area is 95.9 Å². The van der Waals surface area contributed by atoms with Gasteiger partial charge in [0.2, 0.25) is 0 Å². The largest absolute Gasteiger partial charge is 0.423 e. The second-order valence-corrected chi connectivity index (χ2v) is 3.68. The number of fused-ring (bicyclic) bond motifs is 1. The van der Waals surface area contributed by atoms with E-state index in [0.29, 0.717) is 5.58 Å². The number of hydrogen-bond acceptors (Lipinski definition) is 2. The summed E-state index contributed by atoms with van der Waals surface area (Å²) < 4.78 is 5.20. The SMILES string of the molecule is CC.CC(C)c1cc2ccccc2oc1=O. The molecule has 16 heavy (non-hydrogen) atoms. The molecule has 0 fully saturated rings. The van der Waals surface area contributed by atoms with Gasteiger partial charge in [0.05, 0.1) is 0 Å². The van der Waals surface area contributed by atoms with Crippen LogP contribution >= 0.6 is 0 Å². The predicted octanol–water partition coefficient (Wildman–Crippen LogP) is 3.94. The van der Waals surface area contributed by atoms with E-state index in [4.69, 9.17) is 4.42 Å². The Hall–Kier alpha value is -1.57. The maximum absolute atomic E-state index is 11.5. The second kappa shape index (κ2) is 5.50. The molecule has 0 N–H and O–H groups in total. The zero-order valence-electron chi connectivity index (χ0n) is 10.3. The van der Waals surface area contributed by atoms with Gasteiger partial charge in [-0.1, -0.05) is 45.9 Å². The lowest BCUT2D eigenvalue weighted by Gasteiger charge is -2.03. The van der Waals surface area contributed by atoms with Crippen LogP contribution in [0.3, 0.4) is 0 Å². The quantitative estimate of drug-likeness (QED) is 0.678. The third-order valence-corrected chi connectivity index (χ3v) is 2.29. The van der Waals surface area contributed by atoms with Gasteiger partial charge in [0, 0.05) is 10.9 Å². The molecular formula is C14H18O2. The highest BCUT2D eigenvalue weighted by Gasteiger charge is 2.07. The maximum Gasteiger partial charge on any atom is 0.339 e. The van der Waals surface area contributed by atoms with Crippen LogP contribution in [-0.2, 0) is 0 Å². The first kappa shape index (κ1) is 12.5. The number of benzene rings is 1. The van der Waals surface area contributed by atoms with Crippen molar-refractivity contribution in [2.45, 2.75) is 33.6 Å². The predicted molar refractivity (Wildman–Crippen MR) is 67.9 cm³/mol. The molecule has 0 saturated carbocycles. The van der Waals surface area contributed by atoms with Gasteiger partial charge in [-0.05, 0) is 18.1 Å². The van der Waals surface area contributed by atoms with Crippen LogP contribution in [0.1, 0.15) is 39.2 Å². The van der Waals surface area contributed by atoms with Crippen molar-refractivity contribution < 1.29 is 4.42 Å². The first-order valence-electron chi connectivity index (χ1n) is 5.71. The fourth-order valence-electron chi connectivity index (χ4n) is 1.48. The second-order valence-electron chi connectivity index (χ2n) is 3.68. The molecule has 0 saturated heterocycles. The van der Waals surface area contributed by atoms with E-state index in [-0.39, 0.29) is 11.5 Å². The minimum Gasteiger partial charge on any atom is -0.423 e. The Bertz CT molecular complexity index is 509. The minimum absolute atomic E-state index is 0.204. The van der Waals surface area contributed by atoms with Crippen molar-refractivity contribution in [2.24, 2.45) is 0 Å². The highest BCUT2D eigenvalue weighted by Crippen LogP contribution is 2.17. The Morgan fingerprint density at radius 1 is 1.12 bits per heavy atom. The summed E-state index contributed by atoms with van der Waals surface area (Å²) >= 11 is 0. The molecule has 0 radical (unpaired) electrons. The molecule has 1 heterocycles. The molecule has 86 valence electrons. The fraction of sp³-hybridized carbons (Fsp3) is 0.357. The molecule has 0 aliphatic heterocycles. The van der Waals surface area contributed by atoms with E-state index in [1.54, 1.807) is 6.07 Å². The Kier molecular flexibility index (Phi) is 4.29. The van der Waals surface area contributed by atoms with Crippen LogP contribution < -0.4 is 5.63 Å². The maximum atomic E-state index is 11.5. The monoisotopic (exact) mass is 218 g/mol. The zero-order valence-corrected chi connectivity index (χ0v) is 10.3. The molecule has 0 spiro atoms. The van der Waals surface area contributed by atoms with E-state index in [1.165, 1.54) is 0 Å². The summed E-state index contributed by atoms with van der Waals surface area (Å²) in [7, 11) is 0. The van der Waals surface area contributed by atoms with E-state index >= 15 is 0 Å². The normalized spacial score (nSPS) is 10.1. The highest BCUT2D eigenvalue weighted by molar-refractivity contribution is 5.76. The van der Waals surface area contributed by atoms with E-state index in [9.17, 15) is 4.79 Å². The summed E-state index contributed by atoms with van der Waals surface area (Å²) in [6.45, 7) is 7.97. The molecule has 0 aliphatic rings. The number of rotatable bonds is 1. The lowest BCUT2D eigenvalue weighted by molar-refractivity contribution is 0.544. The van der Waals surface area contributed by atoms with Gasteiger partial charge in [0.15, 0.2) is 0 Å². The molecule has 2 nitrogen and oxygen atoms in total. The molecule has 1 aromatic carbocycles. The molecule has 0 aliphatic carbocycles. The molecule has 0 bridgehead atoms. The summed E-state index contributed by atoms with van der Waals surface area (Å²) in [5, 5.41) is 0.982. The molecule has 2 heteroatoms. The number of para-hydroxylation sites is 1. The van der Waals surface area contributed by atoms with Gasteiger partial charge in [-0.3, -0.25) is 0 Å². The van der Waals surface area contributed by atoms with Crippen LogP contribution in [0.2, 0.25) is 0 Å². The summed E-state index contributed by atoms with van der Waals surface area (Å²) in [6.07, 6.45) is 0. The lowest BCUT2D eigenvalue weighted by atomic mass is 10.0. The minimum atomic E-state index is -0.223. The first-order chi connectivity index (χ1) is 7.68. The Morgan fingerprint density at radius 2 is 1.75 bits per heavy atom. The molecule has 0 unspecified atom stereocenters. The van der Waals surface area contributed by atoms with Gasteiger partial charge in [-0.2, -0.15) is 0 Å². The first-order valence-corrected chi connectivity index (χ1v) is 5.71. The summed E-state index contributed by atoms with van der Waals surface area (Å²) in [5.74, 6) is 0.204. The van der Waals surface area contributed by atoms with Crippen molar-refractivity contribution in [3.8, 4) is 0 Å². The standard InChI is InChI=1S/C12H12O2.C2H6/c1-8(2)10-7-9-5-3-4-6-11(9)14-12(10)13;1-2/h3-8H,1-2H3;1-2H3. The van der Waals surface area contributed by atoms with Gasteiger partial charge in [0.1, 0.15) is 5.58 Å². The van der Waals surface area contributed by atoms with Crippen molar-refractivity contribution in [3.05, 3.63) is 46.3 Å². The van der Waals surface area contributed by atoms with Crippen LogP contribution in [0.4, 0.5) is 0 Å². The summed E-state index contributed by atoms with van der Waals surface area (Å²) in [6, 6.07) is 9.46. The third kappa shape index (κ3) is 2.51. The van der Waals surface area contributed by atoms with Crippen molar-refractivity contribution in [2.75, 3.05) is 0 Å². The smallest absolute Gasteiger partial charge is 0.339 e. The van der Waals surface area contributed by atoms with Gasteiger partial charge >= 0.3 is 5.63 Å². The third-order valence-electron chi connectivity index (χ3n) is 2.29. The molecule has 0 amide bonds. The summed E-state index contributed by atoms with van der Waals surface area (Å²) in [4.78, 5) is 11.5. The average molecular weight is 218 g/mol. The van der Waals surface area contributed by atoms with E-state index < -0.39 is 0 Å². The van der Waals surface area contributed by atoms with E-state index in [1.807, 2.05) is 52.0 Å².